The summed E-state index contributed by atoms with van der Waals surface area (Å²) in [7, 11) is 0. The van der Waals surface area contributed by atoms with Crippen LogP contribution in [-0.4, -0.2) is 0 Å². The highest BCUT2D eigenvalue weighted by atomic mass is 14.1. The first-order chi connectivity index (χ1) is 17.8. The van der Waals surface area contributed by atoms with Crippen molar-refractivity contribution in [2.45, 2.75) is 167 Å². The van der Waals surface area contributed by atoms with Gasteiger partial charge in [-0.15, -0.1) is 0 Å². The Labute approximate surface area is 226 Å². The van der Waals surface area contributed by atoms with Crippen LogP contribution in [0.2, 0.25) is 0 Å². The van der Waals surface area contributed by atoms with Crippen molar-refractivity contribution in [2.75, 3.05) is 0 Å². The number of hydrogen-bond acceptors (Lipinski definition) is 0. The van der Waals surface area contributed by atoms with Gasteiger partial charge in [0, 0.05) is 0 Å². The van der Waals surface area contributed by atoms with E-state index >= 15 is 0 Å². The second-order valence-electron chi connectivity index (χ2n) is 11.7. The van der Waals surface area contributed by atoms with E-state index in [0.717, 1.165) is 0 Å². The van der Waals surface area contributed by atoms with Crippen molar-refractivity contribution in [3.63, 3.8) is 0 Å². The Hall–Kier alpha value is -1.30. The van der Waals surface area contributed by atoms with Crippen molar-refractivity contribution >= 4 is 10.8 Å². The van der Waals surface area contributed by atoms with Crippen LogP contribution in [0.5, 0.6) is 0 Å². The van der Waals surface area contributed by atoms with Crippen LogP contribution in [0.1, 0.15) is 173 Å². The van der Waals surface area contributed by atoms with Gasteiger partial charge in [-0.2, -0.15) is 0 Å². The Bertz CT molecular complexity index is 739. The summed E-state index contributed by atoms with van der Waals surface area (Å²) in [6.07, 6.45) is 33.4. The molecule has 0 heteroatoms. The predicted octanol–water partition coefficient (Wildman–Crippen LogP) is 12.9. The molecule has 0 bridgehead atoms. The summed E-state index contributed by atoms with van der Waals surface area (Å²) < 4.78 is 0. The standard InChI is InChI=1S/C36H60/c1-3-4-5-6-7-8-9-10-11-12-13-14-15-16-17-18-19-20-21-22-23-24-28-33(2)35-32-27-30-34-29-25-26-31-36(34)35/h25-27,29-33H,3-24,28H2,1-2H3. The lowest BCUT2D eigenvalue weighted by atomic mass is 9.90. The molecule has 2 aromatic rings. The molecule has 204 valence electrons. The first-order valence-corrected chi connectivity index (χ1v) is 16.3. The van der Waals surface area contributed by atoms with E-state index in [9.17, 15) is 0 Å². The lowest BCUT2D eigenvalue weighted by Crippen LogP contribution is -1.95. The molecule has 0 amide bonds. The minimum atomic E-state index is 0.668. The molecule has 36 heavy (non-hydrogen) atoms. The molecule has 0 aromatic heterocycles. The number of fused-ring (bicyclic) bond motifs is 1. The van der Waals surface area contributed by atoms with Crippen LogP contribution in [0.15, 0.2) is 42.5 Å². The molecule has 0 radical (unpaired) electrons. The van der Waals surface area contributed by atoms with Gasteiger partial charge in [0.15, 0.2) is 0 Å². The highest BCUT2D eigenvalue weighted by molar-refractivity contribution is 5.86. The average molecular weight is 493 g/mol. The molecule has 0 aliphatic rings. The fourth-order valence-electron chi connectivity index (χ4n) is 5.89. The zero-order chi connectivity index (χ0) is 25.5. The van der Waals surface area contributed by atoms with E-state index in [1.54, 1.807) is 0 Å². The highest BCUT2D eigenvalue weighted by Crippen LogP contribution is 2.29. The molecule has 0 aliphatic heterocycles. The van der Waals surface area contributed by atoms with E-state index in [2.05, 4.69) is 56.3 Å². The van der Waals surface area contributed by atoms with Crippen LogP contribution in [0.25, 0.3) is 10.8 Å². The molecular formula is C36H60. The van der Waals surface area contributed by atoms with Crippen LogP contribution < -0.4 is 0 Å². The lowest BCUT2D eigenvalue weighted by Gasteiger charge is -2.14. The monoisotopic (exact) mass is 492 g/mol. The summed E-state index contributed by atoms with van der Waals surface area (Å²) in [5.74, 6) is 0.668. The fraction of sp³-hybridized carbons (Fsp3) is 0.722. The molecule has 0 saturated heterocycles. The van der Waals surface area contributed by atoms with Gasteiger partial charge < -0.3 is 0 Å². The summed E-state index contributed by atoms with van der Waals surface area (Å²) in [6, 6.07) is 15.7. The van der Waals surface area contributed by atoms with Gasteiger partial charge in [0.2, 0.25) is 0 Å². The van der Waals surface area contributed by atoms with Gasteiger partial charge in [-0.05, 0) is 28.7 Å². The molecule has 0 fully saturated rings. The number of rotatable bonds is 24. The Kier molecular flexibility index (Phi) is 18.7. The van der Waals surface area contributed by atoms with Gasteiger partial charge in [0.25, 0.3) is 0 Å². The smallest absolute Gasteiger partial charge is 0.0149 e. The Morgan fingerprint density at radius 3 is 1.31 bits per heavy atom. The van der Waals surface area contributed by atoms with Crippen LogP contribution in [-0.2, 0) is 0 Å². The van der Waals surface area contributed by atoms with Gasteiger partial charge in [0.1, 0.15) is 0 Å². The third kappa shape index (κ3) is 14.4. The first-order valence-electron chi connectivity index (χ1n) is 16.3. The Morgan fingerprint density at radius 2 is 0.833 bits per heavy atom. The summed E-state index contributed by atoms with van der Waals surface area (Å²) in [4.78, 5) is 0. The zero-order valence-corrected chi connectivity index (χ0v) is 24.4. The van der Waals surface area contributed by atoms with E-state index in [-0.39, 0.29) is 0 Å². The molecule has 0 aliphatic carbocycles. The predicted molar refractivity (Wildman–Crippen MR) is 164 cm³/mol. The molecule has 1 atom stereocenters. The van der Waals surface area contributed by atoms with E-state index in [0.29, 0.717) is 5.92 Å². The summed E-state index contributed by atoms with van der Waals surface area (Å²) in [5.41, 5.74) is 1.54. The molecule has 0 saturated carbocycles. The second kappa shape index (κ2) is 21.8. The first kappa shape index (κ1) is 30.9. The fourth-order valence-corrected chi connectivity index (χ4v) is 5.89. The molecule has 0 N–H and O–H groups in total. The van der Waals surface area contributed by atoms with Crippen LogP contribution in [0.4, 0.5) is 0 Å². The van der Waals surface area contributed by atoms with Crippen molar-refractivity contribution in [2.24, 2.45) is 0 Å². The van der Waals surface area contributed by atoms with Crippen molar-refractivity contribution in [3.8, 4) is 0 Å². The molecule has 0 nitrogen and oxygen atoms in total. The largest absolute Gasteiger partial charge is 0.0654 e. The van der Waals surface area contributed by atoms with E-state index < -0.39 is 0 Å². The van der Waals surface area contributed by atoms with E-state index in [1.807, 2.05) is 0 Å². The van der Waals surface area contributed by atoms with Crippen molar-refractivity contribution < 1.29 is 0 Å². The summed E-state index contributed by atoms with van der Waals surface area (Å²) >= 11 is 0. The van der Waals surface area contributed by atoms with Crippen molar-refractivity contribution in [1.82, 2.24) is 0 Å². The Balaban J connectivity index is 1.30. The van der Waals surface area contributed by atoms with Crippen molar-refractivity contribution in [1.29, 1.82) is 0 Å². The van der Waals surface area contributed by atoms with Gasteiger partial charge in [-0.1, -0.05) is 198 Å². The molecule has 0 heterocycles. The maximum Gasteiger partial charge on any atom is -0.0149 e. The van der Waals surface area contributed by atoms with E-state index in [4.69, 9.17) is 0 Å². The quantitative estimate of drug-likeness (QED) is 0.128. The lowest BCUT2D eigenvalue weighted by molar-refractivity contribution is 0.515. The SMILES string of the molecule is CCCCCCCCCCCCCCCCCCCCCCCCC(C)c1cccc2ccccc12. The summed E-state index contributed by atoms with van der Waals surface area (Å²) in [6.45, 7) is 4.72. The molecule has 1 unspecified atom stereocenters. The van der Waals surface area contributed by atoms with Crippen LogP contribution >= 0.6 is 0 Å². The van der Waals surface area contributed by atoms with E-state index in [1.165, 1.54) is 164 Å². The zero-order valence-electron chi connectivity index (χ0n) is 24.4. The second-order valence-corrected chi connectivity index (χ2v) is 11.7. The molecule has 0 spiro atoms. The number of unbranched alkanes of at least 4 members (excludes halogenated alkanes) is 21. The topological polar surface area (TPSA) is 0 Å². The highest BCUT2D eigenvalue weighted by Gasteiger charge is 2.08. The van der Waals surface area contributed by atoms with Gasteiger partial charge in [-0.3, -0.25) is 0 Å². The summed E-state index contributed by atoms with van der Waals surface area (Å²) in [5, 5.41) is 2.84. The molecular weight excluding hydrogens is 432 g/mol. The number of benzene rings is 2. The third-order valence-corrected chi connectivity index (χ3v) is 8.34. The number of hydrogen-bond donors (Lipinski definition) is 0. The van der Waals surface area contributed by atoms with Gasteiger partial charge in [0.05, 0.1) is 0 Å². The minimum Gasteiger partial charge on any atom is -0.0654 e. The third-order valence-electron chi connectivity index (χ3n) is 8.34. The normalized spacial score (nSPS) is 12.4. The van der Waals surface area contributed by atoms with Crippen molar-refractivity contribution in [3.05, 3.63) is 48.0 Å². The minimum absolute atomic E-state index is 0.668. The van der Waals surface area contributed by atoms with Crippen LogP contribution in [0, 0.1) is 0 Å². The van der Waals surface area contributed by atoms with Gasteiger partial charge >= 0.3 is 0 Å². The van der Waals surface area contributed by atoms with Crippen LogP contribution in [0.3, 0.4) is 0 Å². The Morgan fingerprint density at radius 1 is 0.444 bits per heavy atom. The maximum absolute atomic E-state index is 2.42. The van der Waals surface area contributed by atoms with Gasteiger partial charge in [-0.25, -0.2) is 0 Å². The molecule has 2 aromatic carbocycles. The molecule has 2 rings (SSSR count). The average Bonchev–Trinajstić information content (AvgIpc) is 2.91. The maximum atomic E-state index is 2.42.